The number of nitrogens with zero attached hydrogens (tertiary/aromatic N) is 3. The van der Waals surface area contributed by atoms with E-state index in [4.69, 9.17) is 5.73 Å². The molecule has 1 aliphatic heterocycles. The van der Waals surface area contributed by atoms with E-state index in [1.807, 2.05) is 4.68 Å². The SMILES string of the molecule is Cc1ccc([C@H]2C[C@H](c3ccc(C)cc3)Nc3nc(N)nn32)cc1. The molecule has 0 aliphatic carbocycles. The predicted molar refractivity (Wildman–Crippen MR) is 95.9 cm³/mol. The van der Waals surface area contributed by atoms with Crippen molar-refractivity contribution in [3.8, 4) is 0 Å². The number of aromatic nitrogens is 3. The first-order valence-electron chi connectivity index (χ1n) is 8.22. The van der Waals surface area contributed by atoms with E-state index in [0.29, 0.717) is 5.95 Å². The summed E-state index contributed by atoms with van der Waals surface area (Å²) < 4.78 is 1.91. The van der Waals surface area contributed by atoms with Gasteiger partial charge in [-0.25, -0.2) is 4.68 Å². The maximum atomic E-state index is 5.84. The minimum atomic E-state index is 0.123. The quantitative estimate of drug-likeness (QED) is 0.757. The fraction of sp³-hybridized carbons (Fsp3) is 0.263. The highest BCUT2D eigenvalue weighted by Gasteiger charge is 2.30. The molecule has 0 saturated heterocycles. The van der Waals surface area contributed by atoms with Crippen LogP contribution in [0.2, 0.25) is 0 Å². The van der Waals surface area contributed by atoms with Crippen molar-refractivity contribution in [2.75, 3.05) is 11.1 Å². The van der Waals surface area contributed by atoms with Crippen molar-refractivity contribution in [2.24, 2.45) is 0 Å². The van der Waals surface area contributed by atoms with Crippen LogP contribution in [0.15, 0.2) is 48.5 Å². The maximum Gasteiger partial charge on any atom is 0.241 e. The van der Waals surface area contributed by atoms with Crippen LogP contribution < -0.4 is 11.1 Å². The van der Waals surface area contributed by atoms with Gasteiger partial charge in [-0.3, -0.25) is 0 Å². The molecule has 0 unspecified atom stereocenters. The minimum absolute atomic E-state index is 0.123. The second-order valence-corrected chi connectivity index (χ2v) is 6.51. The predicted octanol–water partition coefficient (Wildman–Crippen LogP) is 3.62. The summed E-state index contributed by atoms with van der Waals surface area (Å²) in [5, 5.41) is 7.87. The number of fused-ring (bicyclic) bond motifs is 1. The van der Waals surface area contributed by atoms with Crippen molar-refractivity contribution in [1.82, 2.24) is 14.8 Å². The lowest BCUT2D eigenvalue weighted by molar-refractivity contribution is 0.431. The van der Waals surface area contributed by atoms with E-state index in [1.165, 1.54) is 22.3 Å². The first-order valence-corrected chi connectivity index (χ1v) is 8.22. The Morgan fingerprint density at radius 3 is 2.17 bits per heavy atom. The molecule has 4 rings (SSSR count). The summed E-state index contributed by atoms with van der Waals surface area (Å²) in [7, 11) is 0. The number of hydrogen-bond acceptors (Lipinski definition) is 4. The fourth-order valence-corrected chi connectivity index (χ4v) is 3.28. The third-order valence-electron chi connectivity index (χ3n) is 4.65. The van der Waals surface area contributed by atoms with Gasteiger partial charge in [-0.15, -0.1) is 5.10 Å². The number of anilines is 2. The fourth-order valence-electron chi connectivity index (χ4n) is 3.28. The van der Waals surface area contributed by atoms with Gasteiger partial charge in [0.2, 0.25) is 11.9 Å². The maximum absolute atomic E-state index is 5.84. The third-order valence-corrected chi connectivity index (χ3v) is 4.65. The molecular formula is C19H21N5. The Labute approximate surface area is 141 Å². The van der Waals surface area contributed by atoms with Gasteiger partial charge in [-0.1, -0.05) is 59.7 Å². The van der Waals surface area contributed by atoms with Gasteiger partial charge in [0.15, 0.2) is 0 Å². The van der Waals surface area contributed by atoms with Gasteiger partial charge < -0.3 is 11.1 Å². The highest BCUT2D eigenvalue weighted by Crippen LogP contribution is 2.38. The molecule has 5 heteroatoms. The Balaban J connectivity index is 1.74. The number of aryl methyl sites for hydroxylation is 2. The average molecular weight is 319 g/mol. The number of nitrogen functional groups attached to an aromatic ring is 1. The van der Waals surface area contributed by atoms with E-state index < -0.39 is 0 Å². The van der Waals surface area contributed by atoms with Crippen molar-refractivity contribution in [3.63, 3.8) is 0 Å². The number of hydrogen-bond donors (Lipinski definition) is 2. The van der Waals surface area contributed by atoms with Gasteiger partial charge in [-0.05, 0) is 31.4 Å². The lowest BCUT2D eigenvalue weighted by Gasteiger charge is -2.31. The van der Waals surface area contributed by atoms with Crippen LogP contribution in [0.1, 0.15) is 40.8 Å². The molecule has 0 radical (unpaired) electrons. The Bertz CT molecular complexity index is 848. The smallest absolute Gasteiger partial charge is 0.241 e. The van der Waals surface area contributed by atoms with Gasteiger partial charge in [-0.2, -0.15) is 4.98 Å². The van der Waals surface area contributed by atoms with Crippen molar-refractivity contribution in [1.29, 1.82) is 0 Å². The molecule has 0 fully saturated rings. The van der Waals surface area contributed by atoms with Crippen molar-refractivity contribution >= 4 is 11.9 Å². The molecule has 3 aromatic rings. The molecule has 0 bridgehead atoms. The molecule has 0 spiro atoms. The normalized spacial score (nSPS) is 19.6. The summed E-state index contributed by atoms with van der Waals surface area (Å²) in [6, 6.07) is 17.6. The molecule has 2 atom stereocenters. The summed E-state index contributed by atoms with van der Waals surface area (Å²) in [5.74, 6) is 1.04. The van der Waals surface area contributed by atoms with Gasteiger partial charge in [0, 0.05) is 0 Å². The van der Waals surface area contributed by atoms with Gasteiger partial charge in [0.25, 0.3) is 0 Å². The number of benzene rings is 2. The van der Waals surface area contributed by atoms with Crippen LogP contribution in [0, 0.1) is 13.8 Å². The zero-order valence-corrected chi connectivity index (χ0v) is 13.9. The number of rotatable bonds is 2. The van der Waals surface area contributed by atoms with E-state index >= 15 is 0 Å². The highest BCUT2D eigenvalue weighted by molar-refractivity contribution is 5.42. The first-order chi connectivity index (χ1) is 11.6. The summed E-state index contributed by atoms with van der Waals surface area (Å²) >= 11 is 0. The minimum Gasteiger partial charge on any atom is -0.366 e. The van der Waals surface area contributed by atoms with Crippen LogP contribution in [-0.4, -0.2) is 14.8 Å². The van der Waals surface area contributed by atoms with E-state index in [1.54, 1.807) is 0 Å². The lowest BCUT2D eigenvalue weighted by atomic mass is 9.92. The summed E-state index contributed by atoms with van der Waals surface area (Å²) in [6.07, 6.45) is 0.905. The summed E-state index contributed by atoms with van der Waals surface area (Å²) in [4.78, 5) is 4.36. The average Bonchev–Trinajstić information content (AvgIpc) is 2.95. The van der Waals surface area contributed by atoms with E-state index in [-0.39, 0.29) is 12.1 Å². The number of nitrogens with one attached hydrogen (secondary N) is 1. The van der Waals surface area contributed by atoms with Crippen molar-refractivity contribution < 1.29 is 0 Å². The Hall–Kier alpha value is -2.82. The van der Waals surface area contributed by atoms with Crippen LogP contribution in [0.5, 0.6) is 0 Å². The van der Waals surface area contributed by atoms with Crippen LogP contribution in [0.25, 0.3) is 0 Å². The summed E-state index contributed by atoms with van der Waals surface area (Å²) in [5.41, 5.74) is 10.8. The molecule has 5 nitrogen and oxygen atoms in total. The van der Waals surface area contributed by atoms with Crippen LogP contribution in [0.4, 0.5) is 11.9 Å². The molecule has 2 heterocycles. The number of nitrogens with two attached hydrogens (primary N) is 1. The molecule has 2 aromatic carbocycles. The van der Waals surface area contributed by atoms with E-state index in [0.717, 1.165) is 12.4 Å². The molecule has 1 aliphatic rings. The lowest BCUT2D eigenvalue weighted by Crippen LogP contribution is -2.28. The van der Waals surface area contributed by atoms with Gasteiger partial charge in [0.1, 0.15) is 0 Å². The molecule has 24 heavy (non-hydrogen) atoms. The molecule has 0 saturated carbocycles. The largest absolute Gasteiger partial charge is 0.366 e. The third kappa shape index (κ3) is 2.62. The first kappa shape index (κ1) is 14.8. The van der Waals surface area contributed by atoms with Gasteiger partial charge >= 0.3 is 0 Å². The molecule has 122 valence electrons. The monoisotopic (exact) mass is 319 g/mol. The van der Waals surface area contributed by atoms with Crippen LogP contribution in [-0.2, 0) is 0 Å². The van der Waals surface area contributed by atoms with Gasteiger partial charge in [0.05, 0.1) is 12.1 Å². The zero-order chi connectivity index (χ0) is 16.7. The molecule has 3 N–H and O–H groups in total. The molecule has 0 amide bonds. The zero-order valence-electron chi connectivity index (χ0n) is 13.9. The standard InChI is InChI=1S/C19H21N5/c1-12-3-7-14(8-4-12)16-11-17(15-9-5-13(2)6-10-15)24-19(21-16)22-18(20)23-24/h3-10,16-17H,11H2,1-2H3,(H3,20,21,22,23)/t16-,17-/m1/s1. The topological polar surface area (TPSA) is 68.8 Å². The molecular weight excluding hydrogens is 298 g/mol. The molecule has 1 aromatic heterocycles. The second-order valence-electron chi connectivity index (χ2n) is 6.51. The van der Waals surface area contributed by atoms with E-state index in [9.17, 15) is 0 Å². The van der Waals surface area contributed by atoms with Crippen molar-refractivity contribution in [2.45, 2.75) is 32.4 Å². The van der Waals surface area contributed by atoms with Crippen LogP contribution >= 0.6 is 0 Å². The Morgan fingerprint density at radius 2 is 1.54 bits per heavy atom. The van der Waals surface area contributed by atoms with Crippen molar-refractivity contribution in [3.05, 3.63) is 70.8 Å². The second kappa shape index (κ2) is 5.67. The van der Waals surface area contributed by atoms with E-state index in [2.05, 4.69) is 77.8 Å². The Morgan fingerprint density at radius 1 is 0.958 bits per heavy atom. The summed E-state index contributed by atoms with van der Waals surface area (Å²) in [6.45, 7) is 4.20. The highest BCUT2D eigenvalue weighted by atomic mass is 15.4. The Kier molecular flexibility index (Phi) is 3.49. The van der Waals surface area contributed by atoms with Crippen LogP contribution in [0.3, 0.4) is 0 Å².